The number of aromatic nitrogens is 2. The fourth-order valence-electron chi connectivity index (χ4n) is 6.19. The average Bonchev–Trinajstić information content (AvgIpc) is 3.00. The molecule has 2 bridgehead atoms. The quantitative estimate of drug-likeness (QED) is 0.763. The minimum absolute atomic E-state index is 0.219. The zero-order chi connectivity index (χ0) is 21.4. The molecule has 2 aromatic rings. The SMILES string of the molecule is CC1CCCC(N2C3CCC2CN(c2cc(-c4ccccc4O)nnc2N)C3)CCC1. The fraction of sp³-hybridized carbons (Fsp3) is 0.600. The molecule has 3 N–H and O–H groups in total. The second-order valence-corrected chi connectivity index (χ2v) is 9.88. The summed E-state index contributed by atoms with van der Waals surface area (Å²) in [7, 11) is 0. The van der Waals surface area contributed by atoms with E-state index in [0.717, 1.165) is 30.7 Å². The van der Waals surface area contributed by atoms with Crippen molar-refractivity contribution >= 4 is 11.5 Å². The van der Waals surface area contributed by atoms with Crippen LogP contribution in [0.25, 0.3) is 11.3 Å². The van der Waals surface area contributed by atoms with Gasteiger partial charge in [0.25, 0.3) is 0 Å². The summed E-state index contributed by atoms with van der Waals surface area (Å²) in [5.74, 6) is 1.60. The highest BCUT2D eigenvalue weighted by molar-refractivity contribution is 5.74. The van der Waals surface area contributed by atoms with Crippen LogP contribution in [0.3, 0.4) is 0 Å². The van der Waals surface area contributed by atoms with Gasteiger partial charge in [-0.25, -0.2) is 0 Å². The number of nitrogens with zero attached hydrogens (tertiary/aromatic N) is 4. The van der Waals surface area contributed by atoms with Crippen LogP contribution in [0.15, 0.2) is 30.3 Å². The van der Waals surface area contributed by atoms with E-state index in [2.05, 4.69) is 26.9 Å². The van der Waals surface area contributed by atoms with Crippen LogP contribution in [0.4, 0.5) is 11.5 Å². The van der Waals surface area contributed by atoms with E-state index >= 15 is 0 Å². The summed E-state index contributed by atoms with van der Waals surface area (Å²) in [4.78, 5) is 5.29. The Morgan fingerprint density at radius 3 is 2.26 bits per heavy atom. The molecule has 5 rings (SSSR count). The van der Waals surface area contributed by atoms with E-state index in [4.69, 9.17) is 5.73 Å². The molecule has 0 radical (unpaired) electrons. The van der Waals surface area contributed by atoms with Crippen LogP contribution in [-0.2, 0) is 0 Å². The molecule has 0 amide bonds. The number of benzene rings is 1. The first-order valence-corrected chi connectivity index (χ1v) is 12.0. The molecule has 166 valence electrons. The van der Waals surface area contributed by atoms with Gasteiger partial charge in [0.2, 0.25) is 0 Å². The number of nitrogens with two attached hydrogens (primary N) is 1. The molecule has 2 unspecified atom stereocenters. The van der Waals surface area contributed by atoms with Crippen LogP contribution >= 0.6 is 0 Å². The number of para-hydroxylation sites is 1. The predicted molar refractivity (Wildman–Crippen MR) is 125 cm³/mol. The summed E-state index contributed by atoms with van der Waals surface area (Å²) in [6.07, 6.45) is 10.8. The molecule has 3 aliphatic rings. The molecule has 1 saturated carbocycles. The van der Waals surface area contributed by atoms with Crippen molar-refractivity contribution in [3.63, 3.8) is 0 Å². The van der Waals surface area contributed by atoms with Crippen molar-refractivity contribution < 1.29 is 5.11 Å². The number of phenolic OH excluding ortho intramolecular Hbond substituents is 1. The van der Waals surface area contributed by atoms with Gasteiger partial charge in [-0.3, -0.25) is 4.90 Å². The Balaban J connectivity index is 1.35. The van der Waals surface area contributed by atoms with E-state index in [1.54, 1.807) is 6.07 Å². The first kappa shape index (κ1) is 20.6. The molecule has 1 aromatic heterocycles. The molecular formula is C25H35N5O. The van der Waals surface area contributed by atoms with Crippen LogP contribution in [0.5, 0.6) is 5.75 Å². The summed E-state index contributed by atoms with van der Waals surface area (Å²) in [5, 5.41) is 18.8. The molecule has 6 nitrogen and oxygen atoms in total. The predicted octanol–water partition coefficient (Wildman–Crippen LogP) is 4.44. The average molecular weight is 422 g/mol. The lowest BCUT2D eigenvalue weighted by Crippen LogP contribution is -2.57. The third kappa shape index (κ3) is 4.10. The van der Waals surface area contributed by atoms with Crippen molar-refractivity contribution in [1.29, 1.82) is 0 Å². The number of hydrogen-bond acceptors (Lipinski definition) is 6. The van der Waals surface area contributed by atoms with E-state index < -0.39 is 0 Å². The Hall–Kier alpha value is -2.34. The smallest absolute Gasteiger partial charge is 0.169 e. The van der Waals surface area contributed by atoms with Crippen LogP contribution in [0.2, 0.25) is 0 Å². The molecule has 2 atom stereocenters. The Morgan fingerprint density at radius 2 is 1.58 bits per heavy atom. The maximum Gasteiger partial charge on any atom is 0.169 e. The van der Waals surface area contributed by atoms with E-state index in [9.17, 15) is 5.11 Å². The van der Waals surface area contributed by atoms with Crippen molar-refractivity contribution in [2.45, 2.75) is 76.4 Å². The maximum absolute atomic E-state index is 10.2. The molecule has 2 aliphatic heterocycles. The summed E-state index contributed by atoms with van der Waals surface area (Å²) in [6.45, 7) is 4.42. The third-order valence-corrected chi connectivity index (χ3v) is 7.75. The van der Waals surface area contributed by atoms with Crippen molar-refractivity contribution in [3.8, 4) is 17.0 Å². The second-order valence-electron chi connectivity index (χ2n) is 9.88. The molecular weight excluding hydrogens is 386 g/mol. The number of phenols is 1. The number of hydrogen-bond donors (Lipinski definition) is 2. The van der Waals surface area contributed by atoms with Crippen LogP contribution in [0, 0.1) is 5.92 Å². The molecule has 1 aliphatic carbocycles. The Kier molecular flexibility index (Phi) is 5.74. The molecule has 3 heterocycles. The van der Waals surface area contributed by atoms with Gasteiger partial charge < -0.3 is 15.7 Å². The van der Waals surface area contributed by atoms with Gasteiger partial charge in [0.05, 0.1) is 11.4 Å². The highest BCUT2D eigenvalue weighted by Gasteiger charge is 2.43. The normalized spacial score (nSPS) is 29.5. The fourth-order valence-corrected chi connectivity index (χ4v) is 6.19. The largest absolute Gasteiger partial charge is 0.507 e. The lowest BCUT2D eigenvalue weighted by molar-refractivity contribution is 0.0889. The lowest BCUT2D eigenvalue weighted by atomic mass is 9.88. The lowest BCUT2D eigenvalue weighted by Gasteiger charge is -2.46. The molecule has 6 heteroatoms. The van der Waals surface area contributed by atoms with Crippen molar-refractivity contribution in [3.05, 3.63) is 30.3 Å². The van der Waals surface area contributed by atoms with Gasteiger partial charge in [0.15, 0.2) is 5.82 Å². The number of nitrogen functional groups attached to an aromatic ring is 1. The number of piperazine rings is 1. The van der Waals surface area contributed by atoms with Gasteiger partial charge in [0.1, 0.15) is 5.75 Å². The summed E-state index contributed by atoms with van der Waals surface area (Å²) < 4.78 is 0. The zero-order valence-electron chi connectivity index (χ0n) is 18.6. The summed E-state index contributed by atoms with van der Waals surface area (Å²) >= 11 is 0. The molecule has 1 aromatic carbocycles. The van der Waals surface area contributed by atoms with E-state index in [0.29, 0.717) is 29.2 Å². The van der Waals surface area contributed by atoms with Crippen molar-refractivity contribution in [2.24, 2.45) is 5.92 Å². The van der Waals surface area contributed by atoms with Gasteiger partial charge in [-0.2, -0.15) is 0 Å². The highest BCUT2D eigenvalue weighted by Crippen LogP contribution is 2.39. The minimum Gasteiger partial charge on any atom is -0.507 e. The van der Waals surface area contributed by atoms with Gasteiger partial charge in [-0.15, -0.1) is 10.2 Å². The Labute approximate surface area is 185 Å². The molecule has 3 fully saturated rings. The Morgan fingerprint density at radius 1 is 0.903 bits per heavy atom. The summed E-state index contributed by atoms with van der Waals surface area (Å²) in [5.41, 5.74) is 8.61. The van der Waals surface area contributed by atoms with E-state index in [-0.39, 0.29) is 5.75 Å². The number of anilines is 2. The first-order chi connectivity index (χ1) is 15.1. The van der Waals surface area contributed by atoms with Crippen LogP contribution < -0.4 is 10.6 Å². The first-order valence-electron chi connectivity index (χ1n) is 12.0. The van der Waals surface area contributed by atoms with E-state index in [1.807, 2.05) is 24.3 Å². The monoisotopic (exact) mass is 421 g/mol. The Bertz CT molecular complexity index is 895. The van der Waals surface area contributed by atoms with Gasteiger partial charge in [-0.1, -0.05) is 44.7 Å². The number of rotatable bonds is 3. The van der Waals surface area contributed by atoms with E-state index in [1.165, 1.54) is 51.4 Å². The maximum atomic E-state index is 10.2. The topological polar surface area (TPSA) is 78.5 Å². The molecule has 0 spiro atoms. The third-order valence-electron chi connectivity index (χ3n) is 7.75. The van der Waals surface area contributed by atoms with Crippen LogP contribution in [0.1, 0.15) is 58.3 Å². The van der Waals surface area contributed by atoms with Gasteiger partial charge in [-0.05, 0) is 49.8 Å². The zero-order valence-corrected chi connectivity index (χ0v) is 18.6. The molecule has 31 heavy (non-hydrogen) atoms. The summed E-state index contributed by atoms with van der Waals surface area (Å²) in [6, 6.07) is 11.2. The van der Waals surface area contributed by atoms with Crippen molar-refractivity contribution in [2.75, 3.05) is 23.7 Å². The van der Waals surface area contributed by atoms with Crippen molar-refractivity contribution in [1.82, 2.24) is 15.1 Å². The molecule has 2 saturated heterocycles. The van der Waals surface area contributed by atoms with Crippen LogP contribution in [-0.4, -0.2) is 51.4 Å². The van der Waals surface area contributed by atoms with Gasteiger partial charge >= 0.3 is 0 Å². The second kappa shape index (κ2) is 8.65. The highest BCUT2D eigenvalue weighted by atomic mass is 16.3. The number of aromatic hydroxyl groups is 1. The minimum atomic E-state index is 0.219. The van der Waals surface area contributed by atoms with Gasteiger partial charge in [0, 0.05) is 36.8 Å². The standard InChI is InChI=1S/C25H35N5O/c1-17-6-4-8-18(9-5-7-17)30-19-12-13-20(30)16-29(15-19)23-14-22(27-28-25(23)26)21-10-2-3-11-24(21)31/h2-3,10-11,14,17-20,31H,4-9,12-13,15-16H2,1H3,(H2,26,28). The number of fused-ring (bicyclic) bond motifs is 2.